The highest BCUT2D eigenvalue weighted by molar-refractivity contribution is 9.10. The van der Waals surface area contributed by atoms with E-state index in [1.165, 1.54) is 6.92 Å². The molecule has 1 unspecified atom stereocenters. The van der Waals surface area contributed by atoms with Crippen LogP contribution >= 0.6 is 15.9 Å². The number of carbonyl (C=O) groups is 3. The van der Waals surface area contributed by atoms with Gasteiger partial charge in [-0.15, -0.1) is 0 Å². The molecule has 0 aliphatic carbocycles. The number of rotatable bonds is 5. The molecule has 0 radical (unpaired) electrons. The van der Waals surface area contributed by atoms with Crippen LogP contribution in [0.25, 0.3) is 0 Å². The maximum atomic E-state index is 12.3. The second-order valence-corrected chi connectivity index (χ2v) is 6.66. The van der Waals surface area contributed by atoms with Crippen molar-refractivity contribution in [3.05, 3.63) is 34.3 Å². The summed E-state index contributed by atoms with van der Waals surface area (Å²) in [5.41, 5.74) is -0.242. The summed E-state index contributed by atoms with van der Waals surface area (Å²) in [5.74, 6) is -2.36. The van der Waals surface area contributed by atoms with E-state index in [-0.39, 0.29) is 18.0 Å². The minimum absolute atomic E-state index is 0.188. The summed E-state index contributed by atoms with van der Waals surface area (Å²) in [6.45, 7) is 6.45. The number of Topliss-reactive ketones (excluding diaryl/α,β-unsaturated/α-hetero) is 2. The quantitative estimate of drug-likeness (QED) is 0.460. The highest BCUT2D eigenvalue weighted by Crippen LogP contribution is 2.21. The van der Waals surface area contributed by atoms with Crippen molar-refractivity contribution in [1.82, 2.24) is 0 Å². The van der Waals surface area contributed by atoms with Gasteiger partial charge in [0.05, 0.1) is 0 Å². The molecular weight excluding hydrogens is 336 g/mol. The highest BCUT2D eigenvalue weighted by atomic mass is 79.9. The molecule has 0 heterocycles. The second-order valence-electron chi connectivity index (χ2n) is 5.80. The number of benzene rings is 1. The SMILES string of the molecule is CC(=O)C(CC(=O)c1ccccc1Br)C(=O)OC(C)(C)C. The minimum atomic E-state index is -1.07. The van der Waals surface area contributed by atoms with Crippen molar-refractivity contribution in [2.45, 2.75) is 39.7 Å². The zero-order valence-electron chi connectivity index (χ0n) is 12.6. The van der Waals surface area contributed by atoms with Gasteiger partial charge in [0.15, 0.2) is 5.78 Å². The maximum Gasteiger partial charge on any atom is 0.317 e. The molecule has 0 spiro atoms. The van der Waals surface area contributed by atoms with Crippen LogP contribution in [0.15, 0.2) is 28.7 Å². The van der Waals surface area contributed by atoms with E-state index in [0.29, 0.717) is 10.0 Å². The van der Waals surface area contributed by atoms with Crippen LogP contribution in [-0.4, -0.2) is 23.1 Å². The number of esters is 1. The first-order chi connectivity index (χ1) is 9.61. The number of carbonyl (C=O) groups excluding carboxylic acids is 3. The Morgan fingerprint density at radius 2 is 1.76 bits per heavy atom. The summed E-state index contributed by atoms with van der Waals surface area (Å²) in [5, 5.41) is 0. The fraction of sp³-hybridized carbons (Fsp3) is 0.438. The van der Waals surface area contributed by atoms with Crippen molar-refractivity contribution in [2.75, 3.05) is 0 Å². The van der Waals surface area contributed by atoms with E-state index >= 15 is 0 Å². The smallest absolute Gasteiger partial charge is 0.317 e. The predicted molar refractivity (Wildman–Crippen MR) is 83.1 cm³/mol. The van der Waals surface area contributed by atoms with Gasteiger partial charge in [-0.1, -0.05) is 34.1 Å². The molecule has 1 aromatic rings. The van der Waals surface area contributed by atoms with Crippen molar-refractivity contribution in [2.24, 2.45) is 5.92 Å². The number of hydrogen-bond acceptors (Lipinski definition) is 4. The first-order valence-electron chi connectivity index (χ1n) is 6.63. The molecule has 0 aliphatic heterocycles. The average Bonchev–Trinajstić information content (AvgIpc) is 2.33. The summed E-state index contributed by atoms with van der Waals surface area (Å²) >= 11 is 3.29. The van der Waals surface area contributed by atoms with Crippen molar-refractivity contribution >= 4 is 33.5 Å². The van der Waals surface area contributed by atoms with E-state index in [1.54, 1.807) is 45.0 Å². The van der Waals surface area contributed by atoms with Crippen molar-refractivity contribution in [1.29, 1.82) is 0 Å². The molecule has 5 heteroatoms. The summed E-state index contributed by atoms with van der Waals surface area (Å²) in [6, 6.07) is 6.91. The molecule has 0 amide bonds. The van der Waals surface area contributed by atoms with E-state index in [1.807, 2.05) is 0 Å². The lowest BCUT2D eigenvalue weighted by Gasteiger charge is -2.22. The monoisotopic (exact) mass is 354 g/mol. The Morgan fingerprint density at radius 3 is 2.24 bits per heavy atom. The summed E-state index contributed by atoms with van der Waals surface area (Å²) in [6.07, 6.45) is -0.188. The molecule has 1 aromatic carbocycles. The topological polar surface area (TPSA) is 60.4 Å². The van der Waals surface area contributed by atoms with E-state index in [4.69, 9.17) is 4.74 Å². The maximum absolute atomic E-state index is 12.3. The van der Waals surface area contributed by atoms with Crippen molar-refractivity contribution < 1.29 is 19.1 Å². The third-order valence-corrected chi connectivity index (χ3v) is 3.44. The molecular formula is C16H19BrO4. The Bertz CT molecular complexity index is 558. The van der Waals surface area contributed by atoms with Gasteiger partial charge in [-0.3, -0.25) is 14.4 Å². The standard InChI is InChI=1S/C16H19BrO4/c1-10(18)12(15(20)21-16(2,3)4)9-14(19)11-7-5-6-8-13(11)17/h5-8,12H,9H2,1-4H3. The second kappa shape index (κ2) is 6.98. The molecule has 0 aromatic heterocycles. The van der Waals surface area contributed by atoms with Gasteiger partial charge in [-0.2, -0.15) is 0 Å². The third kappa shape index (κ3) is 5.42. The largest absolute Gasteiger partial charge is 0.459 e. The van der Waals surface area contributed by atoms with Crippen LogP contribution in [0.1, 0.15) is 44.5 Å². The molecule has 0 N–H and O–H groups in total. The molecule has 0 fully saturated rings. The number of ether oxygens (including phenoxy) is 1. The van der Waals surface area contributed by atoms with Gasteiger partial charge in [0.2, 0.25) is 0 Å². The van der Waals surface area contributed by atoms with Gasteiger partial charge in [-0.25, -0.2) is 0 Å². The molecule has 0 saturated heterocycles. The van der Waals surface area contributed by atoms with Gasteiger partial charge < -0.3 is 4.74 Å². The van der Waals surface area contributed by atoms with Crippen molar-refractivity contribution in [3.8, 4) is 0 Å². The van der Waals surface area contributed by atoms with Gasteiger partial charge in [-0.05, 0) is 33.8 Å². The van der Waals surface area contributed by atoms with Gasteiger partial charge in [0, 0.05) is 16.5 Å². The van der Waals surface area contributed by atoms with E-state index in [2.05, 4.69) is 15.9 Å². The van der Waals surface area contributed by atoms with Crippen LogP contribution in [-0.2, 0) is 14.3 Å². The molecule has 0 saturated carbocycles. The first-order valence-corrected chi connectivity index (χ1v) is 7.42. The summed E-state index contributed by atoms with van der Waals surface area (Å²) in [7, 11) is 0. The lowest BCUT2D eigenvalue weighted by atomic mass is 9.95. The number of hydrogen-bond donors (Lipinski definition) is 0. The summed E-state index contributed by atoms with van der Waals surface area (Å²) in [4.78, 5) is 36.0. The van der Waals surface area contributed by atoms with Crippen LogP contribution in [0.4, 0.5) is 0 Å². The van der Waals surface area contributed by atoms with Crippen molar-refractivity contribution in [3.63, 3.8) is 0 Å². The van der Waals surface area contributed by atoms with Gasteiger partial charge >= 0.3 is 5.97 Å². The Morgan fingerprint density at radius 1 is 1.19 bits per heavy atom. The Balaban J connectivity index is 2.90. The zero-order chi connectivity index (χ0) is 16.2. The summed E-state index contributed by atoms with van der Waals surface area (Å²) < 4.78 is 5.84. The molecule has 1 atom stereocenters. The molecule has 0 bridgehead atoms. The normalized spacial score (nSPS) is 12.6. The van der Waals surface area contributed by atoms with E-state index in [0.717, 1.165) is 0 Å². The molecule has 21 heavy (non-hydrogen) atoms. The Hall–Kier alpha value is -1.49. The van der Waals surface area contributed by atoms with Crippen LogP contribution in [0.2, 0.25) is 0 Å². The van der Waals surface area contributed by atoms with Crippen LogP contribution in [0.3, 0.4) is 0 Å². The van der Waals surface area contributed by atoms with Gasteiger partial charge in [0.1, 0.15) is 17.3 Å². The Labute approximate surface area is 133 Å². The zero-order valence-corrected chi connectivity index (χ0v) is 14.2. The van der Waals surface area contributed by atoms with E-state index < -0.39 is 17.5 Å². The minimum Gasteiger partial charge on any atom is -0.459 e. The lowest BCUT2D eigenvalue weighted by Crippen LogP contribution is -2.33. The number of halogens is 1. The first kappa shape index (κ1) is 17.6. The molecule has 0 aliphatic rings. The lowest BCUT2D eigenvalue weighted by molar-refractivity contribution is -0.161. The molecule has 1 rings (SSSR count). The fourth-order valence-corrected chi connectivity index (χ4v) is 2.25. The molecule has 114 valence electrons. The predicted octanol–water partition coefficient (Wildman–Crippen LogP) is 3.57. The fourth-order valence-electron chi connectivity index (χ4n) is 1.75. The highest BCUT2D eigenvalue weighted by Gasteiger charge is 2.31. The van der Waals surface area contributed by atoms with Crippen LogP contribution in [0, 0.1) is 5.92 Å². The van der Waals surface area contributed by atoms with E-state index in [9.17, 15) is 14.4 Å². The third-order valence-electron chi connectivity index (χ3n) is 2.75. The average molecular weight is 355 g/mol. The molecule has 4 nitrogen and oxygen atoms in total. The van der Waals surface area contributed by atoms with Gasteiger partial charge in [0.25, 0.3) is 0 Å². The number of ketones is 2. The van der Waals surface area contributed by atoms with Crippen LogP contribution < -0.4 is 0 Å². The van der Waals surface area contributed by atoms with Crippen LogP contribution in [0.5, 0.6) is 0 Å². The Kier molecular flexibility index (Phi) is 5.84.